The predicted molar refractivity (Wildman–Crippen MR) is 132 cm³/mol. The third-order valence-electron chi connectivity index (χ3n) is 5.31. The molecule has 0 aliphatic rings. The van der Waals surface area contributed by atoms with E-state index in [-0.39, 0.29) is 11.7 Å². The molecule has 0 heterocycles. The lowest BCUT2D eigenvalue weighted by molar-refractivity contribution is -0.122. The molecule has 0 aliphatic carbocycles. The van der Waals surface area contributed by atoms with Crippen LogP contribution in [-0.2, 0) is 4.79 Å². The number of unbranched alkanes of at least 4 members (excludes halogenated alkanes) is 3. The molecule has 1 atom stereocenters. The number of aliphatic imine (C=N–C) groups is 1. The molecule has 0 rings (SSSR count). The Labute approximate surface area is 182 Å². The lowest BCUT2D eigenvalue weighted by Gasteiger charge is -2.22. The fourth-order valence-corrected chi connectivity index (χ4v) is 3.42. The van der Waals surface area contributed by atoms with E-state index >= 15 is 0 Å². The van der Waals surface area contributed by atoms with Gasteiger partial charge in [-0.25, -0.2) is 0 Å². The molecule has 0 aromatic rings. The Morgan fingerprint density at radius 2 is 1.55 bits per heavy atom. The first-order chi connectivity index (χ1) is 14.1. The van der Waals surface area contributed by atoms with Crippen LogP contribution in [0.2, 0.25) is 0 Å². The highest BCUT2D eigenvalue weighted by Crippen LogP contribution is 2.29. The molecule has 29 heavy (non-hydrogen) atoms. The van der Waals surface area contributed by atoms with Crippen molar-refractivity contribution < 1.29 is 4.79 Å². The Morgan fingerprint density at radius 1 is 1.00 bits per heavy atom. The van der Waals surface area contributed by atoms with Gasteiger partial charge < -0.3 is 0 Å². The van der Waals surface area contributed by atoms with Gasteiger partial charge in [0.05, 0.1) is 11.6 Å². The molecule has 0 saturated heterocycles. The van der Waals surface area contributed by atoms with Gasteiger partial charge in [0, 0.05) is 12.6 Å². The van der Waals surface area contributed by atoms with E-state index in [1.165, 1.54) is 50.5 Å². The lowest BCUT2D eigenvalue weighted by Crippen LogP contribution is -2.19. The van der Waals surface area contributed by atoms with Gasteiger partial charge in [-0.3, -0.25) is 9.79 Å². The summed E-state index contributed by atoms with van der Waals surface area (Å²) in [7, 11) is 0. The molecule has 0 N–H and O–H groups in total. The minimum atomic E-state index is -0.160. The standard InChI is InChI=1S/C25H43NO.C2H6/c1-7-13-16-21(10-4)20-26-24(11-5)23(25(27)12-6)19-22(17-14-8-2)18-15-9-3;1-2/h10,20,22-23H,5,7-9,12-19H2,1-4,6H3;1-2H3/b21-10-,26-20?;. The first-order valence-corrected chi connectivity index (χ1v) is 12.2. The lowest BCUT2D eigenvalue weighted by atomic mass is 9.83. The number of ketones is 1. The van der Waals surface area contributed by atoms with Crippen molar-refractivity contribution in [1.82, 2.24) is 0 Å². The van der Waals surface area contributed by atoms with Crippen molar-refractivity contribution in [2.45, 2.75) is 119 Å². The van der Waals surface area contributed by atoms with Gasteiger partial charge >= 0.3 is 0 Å². The van der Waals surface area contributed by atoms with Crippen LogP contribution in [0.15, 0.2) is 34.6 Å². The summed E-state index contributed by atoms with van der Waals surface area (Å²) in [6.45, 7) is 18.5. The first-order valence-electron chi connectivity index (χ1n) is 12.2. The second kappa shape index (κ2) is 21.3. The number of allylic oxidation sites excluding steroid dienone is 3. The van der Waals surface area contributed by atoms with Crippen molar-refractivity contribution in [3.63, 3.8) is 0 Å². The molecule has 0 spiro atoms. The highest BCUT2D eigenvalue weighted by Gasteiger charge is 2.25. The molecule has 0 radical (unpaired) electrons. The Hall–Kier alpha value is -1.40. The van der Waals surface area contributed by atoms with Crippen molar-refractivity contribution in [3.8, 4) is 0 Å². The maximum atomic E-state index is 12.7. The Morgan fingerprint density at radius 3 is 1.97 bits per heavy atom. The van der Waals surface area contributed by atoms with Crippen LogP contribution in [0, 0.1) is 11.8 Å². The van der Waals surface area contributed by atoms with Gasteiger partial charge in [0.25, 0.3) is 0 Å². The Kier molecular flexibility index (Phi) is 21.9. The smallest absolute Gasteiger partial charge is 0.142 e. The maximum absolute atomic E-state index is 12.7. The van der Waals surface area contributed by atoms with Gasteiger partial charge in [0.15, 0.2) is 0 Å². The third kappa shape index (κ3) is 14.3. The second-order valence-electron chi connectivity index (χ2n) is 7.55. The van der Waals surface area contributed by atoms with Crippen LogP contribution in [-0.4, -0.2) is 12.0 Å². The molecule has 0 aromatic carbocycles. The number of Topliss-reactive ketones (excluding diaryl/α,β-unsaturated/α-hetero) is 1. The van der Waals surface area contributed by atoms with E-state index in [0.717, 1.165) is 25.0 Å². The summed E-state index contributed by atoms with van der Waals surface area (Å²) in [5.74, 6) is 0.698. The molecule has 1 unspecified atom stereocenters. The van der Waals surface area contributed by atoms with Crippen LogP contribution in [0.1, 0.15) is 119 Å². The summed E-state index contributed by atoms with van der Waals surface area (Å²) in [5, 5.41) is 0. The number of nitrogens with zero attached hydrogens (tertiary/aromatic N) is 1. The van der Waals surface area contributed by atoms with Gasteiger partial charge in [-0.15, -0.1) is 5.73 Å². The van der Waals surface area contributed by atoms with Gasteiger partial charge in [-0.1, -0.05) is 99.1 Å². The van der Waals surface area contributed by atoms with Crippen molar-refractivity contribution in [2.24, 2.45) is 16.8 Å². The van der Waals surface area contributed by atoms with E-state index in [2.05, 4.69) is 51.1 Å². The largest absolute Gasteiger partial charge is 0.299 e. The van der Waals surface area contributed by atoms with Gasteiger partial charge in [0.2, 0.25) is 0 Å². The topological polar surface area (TPSA) is 29.4 Å². The summed E-state index contributed by atoms with van der Waals surface area (Å²) >= 11 is 0. The summed E-state index contributed by atoms with van der Waals surface area (Å²) < 4.78 is 0. The van der Waals surface area contributed by atoms with Gasteiger partial charge in [-0.05, 0) is 37.7 Å². The molecular weight excluding hydrogens is 354 g/mol. The molecule has 168 valence electrons. The minimum Gasteiger partial charge on any atom is -0.299 e. The van der Waals surface area contributed by atoms with Crippen LogP contribution >= 0.6 is 0 Å². The Balaban J connectivity index is 0. The number of carbonyl (C=O) groups excluding carboxylic acids is 1. The molecule has 0 aliphatic heterocycles. The van der Waals surface area contributed by atoms with E-state index in [9.17, 15) is 4.79 Å². The summed E-state index contributed by atoms with van der Waals surface area (Å²) in [6.07, 6.45) is 16.1. The molecule has 0 aromatic heterocycles. The zero-order valence-corrected chi connectivity index (χ0v) is 20.7. The Bertz CT molecular complexity index is 501. The van der Waals surface area contributed by atoms with Crippen molar-refractivity contribution in [1.29, 1.82) is 0 Å². The fraction of sp³-hybridized carbons (Fsp3) is 0.741. The second-order valence-corrected chi connectivity index (χ2v) is 7.55. The first kappa shape index (κ1) is 29.8. The summed E-state index contributed by atoms with van der Waals surface area (Å²) in [4.78, 5) is 17.4. The molecule has 0 saturated carbocycles. The molecular formula is C27H49NO. The number of rotatable bonds is 16. The van der Waals surface area contributed by atoms with E-state index in [0.29, 0.717) is 12.3 Å². The zero-order valence-electron chi connectivity index (χ0n) is 20.7. The summed E-state index contributed by atoms with van der Waals surface area (Å²) in [6, 6.07) is 0. The van der Waals surface area contributed by atoms with Crippen LogP contribution < -0.4 is 0 Å². The third-order valence-corrected chi connectivity index (χ3v) is 5.31. The van der Waals surface area contributed by atoms with E-state index in [1.54, 1.807) is 0 Å². The molecule has 0 fully saturated rings. The van der Waals surface area contributed by atoms with E-state index < -0.39 is 0 Å². The highest BCUT2D eigenvalue weighted by molar-refractivity contribution is 5.85. The van der Waals surface area contributed by atoms with Crippen LogP contribution in [0.5, 0.6) is 0 Å². The van der Waals surface area contributed by atoms with Crippen molar-refractivity contribution in [2.75, 3.05) is 0 Å². The quantitative estimate of drug-likeness (QED) is 0.187. The predicted octanol–water partition coefficient (Wildman–Crippen LogP) is 8.87. The number of hydrogen-bond donors (Lipinski definition) is 0. The molecule has 0 amide bonds. The van der Waals surface area contributed by atoms with Crippen LogP contribution in [0.3, 0.4) is 0 Å². The van der Waals surface area contributed by atoms with Crippen molar-refractivity contribution in [3.05, 3.63) is 29.7 Å². The SMILES string of the molecule is C=C=C(N=C/C(=C\C)CCCC)C(CC(CCCC)CCCC)C(=O)CC.CC. The number of hydrogen-bond acceptors (Lipinski definition) is 2. The fourth-order valence-electron chi connectivity index (χ4n) is 3.42. The average molecular weight is 404 g/mol. The molecule has 2 heteroatoms. The van der Waals surface area contributed by atoms with Crippen LogP contribution in [0.25, 0.3) is 0 Å². The molecule has 2 nitrogen and oxygen atoms in total. The minimum absolute atomic E-state index is 0.160. The maximum Gasteiger partial charge on any atom is 0.142 e. The highest BCUT2D eigenvalue weighted by atomic mass is 16.1. The van der Waals surface area contributed by atoms with Gasteiger partial charge in [0.1, 0.15) is 5.78 Å². The zero-order chi connectivity index (χ0) is 22.5. The number of carbonyl (C=O) groups is 1. The normalized spacial score (nSPS) is 12.5. The summed E-state index contributed by atoms with van der Waals surface area (Å²) in [5.41, 5.74) is 4.95. The molecule has 0 bridgehead atoms. The van der Waals surface area contributed by atoms with Crippen LogP contribution in [0.4, 0.5) is 0 Å². The average Bonchev–Trinajstić information content (AvgIpc) is 2.77. The van der Waals surface area contributed by atoms with E-state index in [1.807, 2.05) is 27.0 Å². The van der Waals surface area contributed by atoms with Gasteiger partial charge in [-0.2, -0.15) is 0 Å². The monoisotopic (exact) mass is 403 g/mol. The van der Waals surface area contributed by atoms with Crippen molar-refractivity contribution >= 4 is 12.0 Å². The van der Waals surface area contributed by atoms with E-state index in [4.69, 9.17) is 0 Å².